The number of rotatable bonds is 8. The normalized spacial score (nSPS) is 20.4. The van der Waals surface area contributed by atoms with Crippen molar-refractivity contribution in [2.45, 2.75) is 63.2 Å². The van der Waals surface area contributed by atoms with E-state index in [0.717, 1.165) is 24.1 Å². The number of aliphatic hydroxyl groups excluding tert-OH is 1. The van der Waals surface area contributed by atoms with Crippen molar-refractivity contribution in [2.24, 2.45) is 5.92 Å². The molecular weight excluding hydrogens is 324 g/mol. The van der Waals surface area contributed by atoms with Gasteiger partial charge in [-0.25, -0.2) is 0 Å². The third-order valence-electron chi connectivity index (χ3n) is 5.93. The lowest BCUT2D eigenvalue weighted by molar-refractivity contribution is -0.0497. The fourth-order valence-electron chi connectivity index (χ4n) is 4.28. The highest BCUT2D eigenvalue weighted by Crippen LogP contribution is 2.40. The first-order valence-corrected chi connectivity index (χ1v) is 9.94. The summed E-state index contributed by atoms with van der Waals surface area (Å²) in [7, 11) is 0. The van der Waals surface area contributed by atoms with Crippen molar-refractivity contribution < 1.29 is 10.2 Å². The van der Waals surface area contributed by atoms with E-state index in [9.17, 15) is 10.2 Å². The Labute approximate surface area is 156 Å². The standard InChI is InChI=1S/C22H32N2O2/c1-17(21(25)18-9-4-2-5-10-18)23-16-14-22(26,20-13-8-15-24-20)19-11-6-3-7-12-19/h2,4-5,8-10,13,15,17,19,21,23-26H,3,6-7,11-12,14,16H2,1H3. The Balaban J connectivity index is 1.61. The minimum atomic E-state index is -0.825. The summed E-state index contributed by atoms with van der Waals surface area (Å²) < 4.78 is 0. The summed E-state index contributed by atoms with van der Waals surface area (Å²) in [5.41, 5.74) is 1.01. The van der Waals surface area contributed by atoms with E-state index in [1.807, 2.05) is 55.6 Å². The van der Waals surface area contributed by atoms with Gasteiger partial charge in [0.05, 0.1) is 6.10 Å². The lowest BCUT2D eigenvalue weighted by Gasteiger charge is -2.38. The molecule has 1 aliphatic carbocycles. The second-order valence-electron chi connectivity index (χ2n) is 7.69. The molecule has 4 heteroatoms. The molecule has 1 fully saturated rings. The van der Waals surface area contributed by atoms with Gasteiger partial charge < -0.3 is 20.5 Å². The maximum Gasteiger partial charge on any atom is 0.108 e. The summed E-state index contributed by atoms with van der Waals surface area (Å²) in [5, 5.41) is 25.5. The van der Waals surface area contributed by atoms with Crippen LogP contribution < -0.4 is 5.32 Å². The molecule has 1 heterocycles. The molecule has 3 atom stereocenters. The predicted octanol–water partition coefficient (Wildman–Crippen LogP) is 3.88. The molecule has 26 heavy (non-hydrogen) atoms. The van der Waals surface area contributed by atoms with Crippen molar-refractivity contribution in [3.63, 3.8) is 0 Å². The molecule has 1 aliphatic rings. The van der Waals surface area contributed by atoms with Gasteiger partial charge in [0, 0.05) is 17.9 Å². The molecule has 1 aromatic carbocycles. The molecule has 0 amide bonds. The van der Waals surface area contributed by atoms with Gasteiger partial charge in [0.1, 0.15) is 5.60 Å². The number of benzene rings is 1. The van der Waals surface area contributed by atoms with E-state index in [4.69, 9.17) is 0 Å². The highest BCUT2D eigenvalue weighted by Gasteiger charge is 2.39. The van der Waals surface area contributed by atoms with Crippen LogP contribution in [0.4, 0.5) is 0 Å². The summed E-state index contributed by atoms with van der Waals surface area (Å²) in [6, 6.07) is 13.6. The Kier molecular flexibility index (Phi) is 6.52. The van der Waals surface area contributed by atoms with E-state index in [2.05, 4.69) is 10.3 Å². The van der Waals surface area contributed by atoms with E-state index in [1.165, 1.54) is 19.3 Å². The molecule has 0 aliphatic heterocycles. The highest BCUT2D eigenvalue weighted by atomic mass is 16.3. The topological polar surface area (TPSA) is 68.3 Å². The summed E-state index contributed by atoms with van der Waals surface area (Å²) in [6.07, 6.45) is 7.81. The Bertz CT molecular complexity index is 637. The first-order valence-electron chi connectivity index (χ1n) is 9.94. The van der Waals surface area contributed by atoms with Crippen LogP contribution in [0.15, 0.2) is 48.7 Å². The predicted molar refractivity (Wildman–Crippen MR) is 105 cm³/mol. The highest BCUT2D eigenvalue weighted by molar-refractivity contribution is 5.19. The molecular formula is C22H32N2O2. The molecule has 142 valence electrons. The fourth-order valence-corrected chi connectivity index (χ4v) is 4.28. The van der Waals surface area contributed by atoms with Crippen molar-refractivity contribution in [2.75, 3.05) is 6.54 Å². The van der Waals surface area contributed by atoms with E-state index in [0.29, 0.717) is 18.9 Å². The third kappa shape index (κ3) is 4.37. The number of H-pyrrole nitrogens is 1. The van der Waals surface area contributed by atoms with Crippen molar-refractivity contribution in [3.05, 3.63) is 59.9 Å². The lowest BCUT2D eigenvalue weighted by Crippen LogP contribution is -2.42. The average molecular weight is 357 g/mol. The molecule has 0 radical (unpaired) electrons. The summed E-state index contributed by atoms with van der Waals surface area (Å²) in [6.45, 7) is 2.66. The molecule has 0 saturated heterocycles. The number of aromatic amines is 1. The summed E-state index contributed by atoms with van der Waals surface area (Å²) in [4.78, 5) is 3.23. The van der Waals surface area contributed by atoms with Crippen molar-refractivity contribution in [3.8, 4) is 0 Å². The van der Waals surface area contributed by atoms with Crippen LogP contribution in [0.2, 0.25) is 0 Å². The van der Waals surface area contributed by atoms with Gasteiger partial charge in [0.15, 0.2) is 0 Å². The summed E-state index contributed by atoms with van der Waals surface area (Å²) >= 11 is 0. The van der Waals surface area contributed by atoms with Gasteiger partial charge in [-0.1, -0.05) is 49.6 Å². The van der Waals surface area contributed by atoms with Crippen LogP contribution in [-0.4, -0.2) is 27.8 Å². The van der Waals surface area contributed by atoms with Crippen LogP contribution in [0.5, 0.6) is 0 Å². The van der Waals surface area contributed by atoms with E-state index < -0.39 is 11.7 Å². The first-order chi connectivity index (χ1) is 12.6. The fraction of sp³-hybridized carbons (Fsp3) is 0.545. The molecule has 4 N–H and O–H groups in total. The molecule has 4 nitrogen and oxygen atoms in total. The molecule has 2 aromatic rings. The second kappa shape index (κ2) is 8.85. The third-order valence-corrected chi connectivity index (χ3v) is 5.93. The minimum Gasteiger partial charge on any atom is -0.387 e. The average Bonchev–Trinajstić information content (AvgIpc) is 3.24. The number of aliphatic hydroxyl groups is 2. The van der Waals surface area contributed by atoms with Gasteiger partial charge in [-0.15, -0.1) is 0 Å². The zero-order chi connectivity index (χ0) is 18.4. The zero-order valence-corrected chi connectivity index (χ0v) is 15.7. The molecule has 1 aromatic heterocycles. The van der Waals surface area contributed by atoms with E-state index >= 15 is 0 Å². The maximum absolute atomic E-state index is 11.5. The molecule has 0 spiro atoms. The largest absolute Gasteiger partial charge is 0.387 e. The first kappa shape index (κ1) is 19.2. The Hall–Kier alpha value is -1.62. The Morgan fingerprint density at radius 1 is 1.12 bits per heavy atom. The number of hydrogen-bond acceptors (Lipinski definition) is 3. The van der Waals surface area contributed by atoms with Crippen molar-refractivity contribution >= 4 is 0 Å². The molecule has 3 unspecified atom stereocenters. The SMILES string of the molecule is CC(NCCC(O)(c1ccc[nH]1)C1CCCCC1)C(O)c1ccccc1. The molecule has 1 saturated carbocycles. The number of aromatic nitrogens is 1. The summed E-state index contributed by atoms with van der Waals surface area (Å²) in [5.74, 6) is 0.297. The number of hydrogen-bond donors (Lipinski definition) is 4. The van der Waals surface area contributed by atoms with Gasteiger partial charge in [-0.05, 0) is 56.3 Å². The van der Waals surface area contributed by atoms with Crippen molar-refractivity contribution in [1.29, 1.82) is 0 Å². The van der Waals surface area contributed by atoms with Crippen molar-refractivity contribution in [1.82, 2.24) is 10.3 Å². The van der Waals surface area contributed by atoms with Gasteiger partial charge in [-0.2, -0.15) is 0 Å². The zero-order valence-electron chi connectivity index (χ0n) is 15.7. The van der Waals surface area contributed by atoms with Gasteiger partial charge in [0.2, 0.25) is 0 Å². The monoisotopic (exact) mass is 356 g/mol. The van der Waals surface area contributed by atoms with Gasteiger partial charge in [-0.3, -0.25) is 0 Å². The van der Waals surface area contributed by atoms with Crippen LogP contribution >= 0.6 is 0 Å². The smallest absolute Gasteiger partial charge is 0.108 e. The second-order valence-corrected chi connectivity index (χ2v) is 7.69. The minimum absolute atomic E-state index is 0.0725. The van der Waals surface area contributed by atoms with Crippen LogP contribution in [0, 0.1) is 5.92 Å². The maximum atomic E-state index is 11.5. The number of nitrogens with one attached hydrogen (secondary N) is 2. The lowest BCUT2D eigenvalue weighted by atomic mass is 9.73. The van der Waals surface area contributed by atoms with Crippen LogP contribution in [0.1, 0.15) is 62.8 Å². The molecule has 3 rings (SSSR count). The van der Waals surface area contributed by atoms with Crippen LogP contribution in [0.25, 0.3) is 0 Å². The van der Waals surface area contributed by atoms with Gasteiger partial charge in [0.25, 0.3) is 0 Å². The van der Waals surface area contributed by atoms with E-state index in [-0.39, 0.29) is 6.04 Å². The van der Waals surface area contributed by atoms with E-state index in [1.54, 1.807) is 0 Å². The Morgan fingerprint density at radius 3 is 2.50 bits per heavy atom. The Morgan fingerprint density at radius 2 is 1.85 bits per heavy atom. The van der Waals surface area contributed by atoms with Crippen LogP contribution in [-0.2, 0) is 5.60 Å². The van der Waals surface area contributed by atoms with Gasteiger partial charge >= 0.3 is 0 Å². The molecule has 0 bridgehead atoms. The quantitative estimate of drug-likeness (QED) is 0.580. The van der Waals surface area contributed by atoms with Crippen LogP contribution in [0.3, 0.4) is 0 Å².